The molecule has 1 aliphatic heterocycles. The van der Waals surface area contributed by atoms with Crippen LogP contribution in [0.2, 0.25) is 0 Å². The lowest BCUT2D eigenvalue weighted by molar-refractivity contribution is 0.0169. The van der Waals surface area contributed by atoms with Crippen LogP contribution in [0.25, 0.3) is 22.3 Å². The monoisotopic (exact) mass is 472 g/mol. The second-order valence-corrected chi connectivity index (χ2v) is 9.40. The van der Waals surface area contributed by atoms with Crippen LogP contribution in [-0.4, -0.2) is 49.4 Å². The van der Waals surface area contributed by atoms with Gasteiger partial charge in [-0.1, -0.05) is 28.1 Å². The molecule has 1 amide bonds. The summed E-state index contributed by atoms with van der Waals surface area (Å²) in [7, 11) is 0. The topological polar surface area (TPSA) is 99.2 Å². The zero-order valence-electron chi connectivity index (χ0n) is 17.3. The lowest BCUT2D eigenvalue weighted by Gasteiger charge is -2.34. The van der Waals surface area contributed by atoms with Crippen molar-refractivity contribution in [1.29, 1.82) is 0 Å². The first kappa shape index (κ1) is 20.6. The third kappa shape index (κ3) is 4.12. The number of halogens is 1. The van der Waals surface area contributed by atoms with Gasteiger partial charge in [-0.25, -0.2) is 19.4 Å². The zero-order valence-corrected chi connectivity index (χ0v) is 18.9. The first-order valence-electron chi connectivity index (χ1n) is 9.95. The number of carbonyl (C=O) groups excluding carboxylic acids is 1. The molecule has 8 nitrogen and oxygen atoms in total. The van der Waals surface area contributed by atoms with Gasteiger partial charge in [0.2, 0.25) is 0 Å². The number of rotatable bonds is 2. The highest BCUT2D eigenvalue weighted by molar-refractivity contribution is 9.10. The van der Waals surface area contributed by atoms with Crippen LogP contribution in [0, 0.1) is 0 Å². The van der Waals surface area contributed by atoms with Crippen molar-refractivity contribution in [3.05, 3.63) is 35.1 Å². The van der Waals surface area contributed by atoms with Gasteiger partial charge in [0.05, 0.1) is 11.4 Å². The number of fused-ring (bicyclic) bond motifs is 1. The second-order valence-electron chi connectivity index (χ2n) is 8.48. The standard InChI is InChI=1S/C21H25BrN6O2/c1-21(2,3)30-20(29)27-10-4-5-15(11-27)28-19-16(18(23)24-12-25-19)17(26-28)13-6-8-14(22)9-7-13/h6-9,12,15H,4-5,10-11H2,1-3H3,(H2,23,24,25). The number of likely N-dealkylation sites (tertiary alicyclic amines) is 1. The Morgan fingerprint density at radius 2 is 1.97 bits per heavy atom. The SMILES string of the molecule is CC(C)(C)OC(=O)N1CCCC(n2nc(-c3ccc(Br)cc3)c3c(N)ncnc32)C1. The molecule has 1 saturated heterocycles. The number of benzene rings is 1. The van der Waals surface area contributed by atoms with E-state index < -0.39 is 5.60 Å². The molecule has 30 heavy (non-hydrogen) atoms. The smallest absolute Gasteiger partial charge is 0.410 e. The van der Waals surface area contributed by atoms with Gasteiger partial charge >= 0.3 is 6.09 Å². The molecule has 0 radical (unpaired) electrons. The van der Waals surface area contributed by atoms with Crippen molar-refractivity contribution in [3.8, 4) is 11.3 Å². The highest BCUT2D eigenvalue weighted by atomic mass is 79.9. The molecule has 0 aliphatic carbocycles. The average Bonchev–Trinajstić information content (AvgIpc) is 3.08. The Labute approximate surface area is 183 Å². The Kier molecular flexibility index (Phi) is 5.40. The maximum absolute atomic E-state index is 12.6. The third-order valence-corrected chi connectivity index (χ3v) is 5.56. The molecule has 158 valence electrons. The van der Waals surface area contributed by atoms with Gasteiger partial charge in [-0.05, 0) is 45.7 Å². The van der Waals surface area contributed by atoms with E-state index in [9.17, 15) is 4.79 Å². The first-order valence-corrected chi connectivity index (χ1v) is 10.7. The van der Waals surface area contributed by atoms with E-state index in [4.69, 9.17) is 15.6 Å². The fourth-order valence-electron chi connectivity index (χ4n) is 3.71. The quantitative estimate of drug-likeness (QED) is 0.592. The summed E-state index contributed by atoms with van der Waals surface area (Å²) in [5.74, 6) is 0.393. The summed E-state index contributed by atoms with van der Waals surface area (Å²) in [4.78, 5) is 23.0. The third-order valence-electron chi connectivity index (χ3n) is 5.03. The largest absolute Gasteiger partial charge is 0.444 e. The molecule has 0 bridgehead atoms. The Hall–Kier alpha value is -2.68. The summed E-state index contributed by atoms with van der Waals surface area (Å²) in [6.07, 6.45) is 2.90. The number of nitrogen functional groups attached to an aromatic ring is 1. The van der Waals surface area contributed by atoms with Gasteiger partial charge in [-0.15, -0.1) is 0 Å². The van der Waals surface area contributed by atoms with Crippen molar-refractivity contribution in [2.75, 3.05) is 18.8 Å². The van der Waals surface area contributed by atoms with E-state index in [1.807, 2.05) is 49.7 Å². The molecule has 0 saturated carbocycles. The Morgan fingerprint density at radius 3 is 2.67 bits per heavy atom. The van der Waals surface area contributed by atoms with E-state index in [2.05, 4.69) is 25.9 Å². The normalized spacial score (nSPS) is 17.3. The lowest BCUT2D eigenvalue weighted by atomic mass is 10.1. The molecule has 1 aromatic carbocycles. The van der Waals surface area contributed by atoms with Crippen LogP contribution in [0.1, 0.15) is 39.7 Å². The summed E-state index contributed by atoms with van der Waals surface area (Å²) < 4.78 is 8.44. The molecule has 2 aromatic heterocycles. The van der Waals surface area contributed by atoms with Gasteiger partial charge in [0.15, 0.2) is 5.65 Å². The molecular formula is C21H25BrN6O2. The lowest BCUT2D eigenvalue weighted by Crippen LogP contribution is -2.43. The first-order chi connectivity index (χ1) is 14.2. The van der Waals surface area contributed by atoms with Crippen molar-refractivity contribution in [2.24, 2.45) is 0 Å². The second kappa shape index (κ2) is 7.86. The number of nitrogens with two attached hydrogens (primary N) is 1. The number of anilines is 1. The highest BCUT2D eigenvalue weighted by Gasteiger charge is 2.31. The van der Waals surface area contributed by atoms with E-state index >= 15 is 0 Å². The van der Waals surface area contributed by atoms with Crippen LogP contribution in [0.15, 0.2) is 35.1 Å². The summed E-state index contributed by atoms with van der Waals surface area (Å²) in [5, 5.41) is 5.61. The number of hydrogen-bond donors (Lipinski definition) is 1. The number of hydrogen-bond acceptors (Lipinski definition) is 6. The fraction of sp³-hybridized carbons (Fsp3) is 0.429. The fourth-order valence-corrected chi connectivity index (χ4v) is 3.97. The van der Waals surface area contributed by atoms with Crippen molar-refractivity contribution < 1.29 is 9.53 Å². The van der Waals surface area contributed by atoms with Crippen LogP contribution >= 0.6 is 15.9 Å². The number of amides is 1. The van der Waals surface area contributed by atoms with Crippen LogP contribution in [0.4, 0.5) is 10.6 Å². The molecule has 1 unspecified atom stereocenters. The molecule has 1 aliphatic rings. The van der Waals surface area contributed by atoms with Crippen molar-refractivity contribution >= 4 is 38.9 Å². The number of ether oxygens (including phenoxy) is 1. The number of carbonyl (C=O) groups is 1. The zero-order chi connectivity index (χ0) is 21.5. The van der Waals surface area contributed by atoms with Crippen molar-refractivity contribution in [1.82, 2.24) is 24.6 Å². The number of piperidine rings is 1. The molecule has 0 spiro atoms. The summed E-state index contributed by atoms with van der Waals surface area (Å²) in [6, 6.07) is 7.87. The van der Waals surface area contributed by atoms with Crippen LogP contribution in [0.3, 0.4) is 0 Å². The summed E-state index contributed by atoms with van der Waals surface area (Å²) in [5.41, 5.74) is 8.04. The molecule has 9 heteroatoms. The highest BCUT2D eigenvalue weighted by Crippen LogP contribution is 2.34. The van der Waals surface area contributed by atoms with Gasteiger partial charge < -0.3 is 15.4 Å². The molecule has 1 atom stereocenters. The number of nitrogens with zero attached hydrogens (tertiary/aromatic N) is 5. The van der Waals surface area contributed by atoms with Crippen LogP contribution in [-0.2, 0) is 4.74 Å². The van der Waals surface area contributed by atoms with E-state index in [1.165, 1.54) is 6.33 Å². The molecular weight excluding hydrogens is 448 g/mol. The average molecular weight is 473 g/mol. The molecule has 3 aromatic rings. The van der Waals surface area contributed by atoms with Gasteiger partial charge in [0.25, 0.3) is 0 Å². The van der Waals surface area contributed by atoms with Gasteiger partial charge in [0, 0.05) is 23.1 Å². The molecule has 3 heterocycles. The van der Waals surface area contributed by atoms with E-state index in [1.54, 1.807) is 4.90 Å². The van der Waals surface area contributed by atoms with Gasteiger partial charge in [-0.3, -0.25) is 0 Å². The maximum Gasteiger partial charge on any atom is 0.410 e. The molecule has 1 fully saturated rings. The Bertz CT molecular complexity index is 1070. The Balaban J connectivity index is 1.71. The predicted octanol–water partition coefficient (Wildman–Crippen LogP) is 4.41. The van der Waals surface area contributed by atoms with Gasteiger partial charge in [0.1, 0.15) is 23.4 Å². The summed E-state index contributed by atoms with van der Waals surface area (Å²) in [6.45, 7) is 6.79. The minimum Gasteiger partial charge on any atom is -0.444 e. The van der Waals surface area contributed by atoms with Crippen LogP contribution in [0.5, 0.6) is 0 Å². The molecule has 2 N–H and O–H groups in total. The Morgan fingerprint density at radius 1 is 1.23 bits per heavy atom. The maximum atomic E-state index is 12.6. The van der Waals surface area contributed by atoms with Crippen molar-refractivity contribution in [2.45, 2.75) is 45.3 Å². The molecule has 4 rings (SSSR count). The van der Waals surface area contributed by atoms with Crippen molar-refractivity contribution in [3.63, 3.8) is 0 Å². The van der Waals surface area contributed by atoms with Gasteiger partial charge in [-0.2, -0.15) is 5.10 Å². The minimum absolute atomic E-state index is 0.0210. The minimum atomic E-state index is -0.529. The van der Waals surface area contributed by atoms with E-state index in [-0.39, 0.29) is 12.1 Å². The summed E-state index contributed by atoms with van der Waals surface area (Å²) >= 11 is 3.47. The predicted molar refractivity (Wildman–Crippen MR) is 119 cm³/mol. The van der Waals surface area contributed by atoms with E-state index in [0.29, 0.717) is 24.6 Å². The number of aromatic nitrogens is 4. The van der Waals surface area contributed by atoms with E-state index in [0.717, 1.165) is 34.0 Å². The van der Waals surface area contributed by atoms with Crippen LogP contribution < -0.4 is 5.73 Å².